The SMILES string of the molecule is Cc1cc(C(=O)Nc2cc(Cl)c(-n3cccc3)cc2Cl)c(C)n1-c1ccccc1C(F)(F)F. The highest BCUT2D eigenvalue weighted by Gasteiger charge is 2.34. The van der Waals surface area contributed by atoms with Gasteiger partial charge in [-0.15, -0.1) is 0 Å². The van der Waals surface area contributed by atoms with Gasteiger partial charge in [0.15, 0.2) is 0 Å². The minimum Gasteiger partial charge on any atom is -0.322 e. The molecule has 4 aromatic rings. The molecule has 0 aliphatic carbocycles. The van der Waals surface area contributed by atoms with Crippen molar-refractivity contribution in [3.63, 3.8) is 0 Å². The van der Waals surface area contributed by atoms with Crippen molar-refractivity contribution in [2.24, 2.45) is 0 Å². The summed E-state index contributed by atoms with van der Waals surface area (Å²) in [7, 11) is 0. The molecule has 0 atom stereocenters. The molecule has 0 aliphatic heterocycles. The fourth-order valence-corrected chi connectivity index (χ4v) is 4.25. The Kier molecular flexibility index (Phi) is 6.03. The van der Waals surface area contributed by atoms with Crippen LogP contribution in [0.4, 0.5) is 18.9 Å². The summed E-state index contributed by atoms with van der Waals surface area (Å²) in [5, 5.41) is 3.36. The van der Waals surface area contributed by atoms with Crippen molar-refractivity contribution >= 4 is 34.8 Å². The van der Waals surface area contributed by atoms with Crippen LogP contribution in [0.15, 0.2) is 67.0 Å². The maximum atomic E-state index is 13.5. The first kappa shape index (κ1) is 23.0. The molecule has 0 radical (unpaired) electrons. The molecule has 33 heavy (non-hydrogen) atoms. The van der Waals surface area contributed by atoms with Crippen LogP contribution in [0.25, 0.3) is 11.4 Å². The predicted octanol–water partition coefficient (Wildman–Crippen LogP) is 7.46. The summed E-state index contributed by atoms with van der Waals surface area (Å²) < 4.78 is 43.8. The summed E-state index contributed by atoms with van der Waals surface area (Å²) in [6, 6.07) is 13.6. The topological polar surface area (TPSA) is 39.0 Å². The van der Waals surface area contributed by atoms with Crippen molar-refractivity contribution in [3.8, 4) is 11.4 Å². The van der Waals surface area contributed by atoms with E-state index >= 15 is 0 Å². The van der Waals surface area contributed by atoms with E-state index in [1.54, 1.807) is 30.5 Å². The zero-order valence-electron chi connectivity index (χ0n) is 17.5. The molecule has 4 rings (SSSR count). The summed E-state index contributed by atoms with van der Waals surface area (Å²) in [6.07, 6.45) is -0.916. The van der Waals surface area contributed by atoms with Crippen molar-refractivity contribution < 1.29 is 18.0 Å². The molecule has 0 aliphatic rings. The normalized spacial score (nSPS) is 11.6. The molecule has 2 aromatic heterocycles. The minimum atomic E-state index is -4.53. The number of hydrogen-bond donors (Lipinski definition) is 1. The molecular weight excluding hydrogens is 474 g/mol. The number of benzene rings is 2. The van der Waals surface area contributed by atoms with Gasteiger partial charge >= 0.3 is 6.18 Å². The summed E-state index contributed by atoms with van der Waals surface area (Å²) in [5.74, 6) is -0.509. The Morgan fingerprint density at radius 2 is 1.58 bits per heavy atom. The lowest BCUT2D eigenvalue weighted by molar-refractivity contribution is -0.137. The second-order valence-electron chi connectivity index (χ2n) is 7.46. The number of rotatable bonds is 4. The highest BCUT2D eigenvalue weighted by atomic mass is 35.5. The Labute approximate surface area is 198 Å². The lowest BCUT2D eigenvalue weighted by atomic mass is 10.1. The molecule has 1 amide bonds. The number of carbonyl (C=O) groups is 1. The van der Waals surface area contributed by atoms with E-state index in [9.17, 15) is 18.0 Å². The first-order chi connectivity index (χ1) is 15.6. The number of amides is 1. The Morgan fingerprint density at radius 3 is 2.24 bits per heavy atom. The molecule has 1 N–H and O–H groups in total. The minimum absolute atomic E-state index is 0.0452. The number of nitrogens with one attached hydrogen (secondary N) is 1. The van der Waals surface area contributed by atoms with E-state index in [-0.39, 0.29) is 16.3 Å². The number of para-hydroxylation sites is 1. The van der Waals surface area contributed by atoms with E-state index in [4.69, 9.17) is 23.2 Å². The molecular formula is C24H18Cl2F3N3O. The van der Waals surface area contributed by atoms with Crippen molar-refractivity contribution in [3.05, 3.63) is 99.6 Å². The molecule has 170 valence electrons. The van der Waals surface area contributed by atoms with Crippen molar-refractivity contribution in [1.29, 1.82) is 0 Å². The van der Waals surface area contributed by atoms with Gasteiger partial charge in [-0.2, -0.15) is 13.2 Å². The first-order valence-corrected chi connectivity index (χ1v) is 10.6. The largest absolute Gasteiger partial charge is 0.418 e. The average molecular weight is 492 g/mol. The lowest BCUT2D eigenvalue weighted by Gasteiger charge is -2.17. The van der Waals surface area contributed by atoms with E-state index in [0.29, 0.717) is 27.8 Å². The zero-order valence-corrected chi connectivity index (χ0v) is 19.1. The molecule has 0 saturated heterocycles. The van der Waals surface area contributed by atoms with Gasteiger partial charge in [0.1, 0.15) is 0 Å². The van der Waals surface area contributed by atoms with Crippen LogP contribution in [0.3, 0.4) is 0 Å². The Morgan fingerprint density at radius 1 is 0.909 bits per heavy atom. The van der Waals surface area contributed by atoms with Gasteiger partial charge in [0.2, 0.25) is 0 Å². The van der Waals surface area contributed by atoms with Crippen LogP contribution in [0.5, 0.6) is 0 Å². The van der Waals surface area contributed by atoms with E-state index in [0.717, 1.165) is 6.07 Å². The van der Waals surface area contributed by atoms with Gasteiger partial charge in [0.25, 0.3) is 5.91 Å². The average Bonchev–Trinajstić information content (AvgIpc) is 3.38. The summed E-state index contributed by atoms with van der Waals surface area (Å²) >= 11 is 12.8. The molecule has 0 saturated carbocycles. The van der Waals surface area contributed by atoms with Crippen LogP contribution in [0, 0.1) is 13.8 Å². The molecule has 0 unspecified atom stereocenters. The van der Waals surface area contributed by atoms with Crippen LogP contribution in [-0.2, 0) is 6.18 Å². The monoisotopic (exact) mass is 491 g/mol. The van der Waals surface area contributed by atoms with Gasteiger partial charge in [0.05, 0.1) is 38.2 Å². The van der Waals surface area contributed by atoms with Crippen LogP contribution in [0.1, 0.15) is 27.3 Å². The number of alkyl halides is 3. The third kappa shape index (κ3) is 4.38. The molecule has 0 fully saturated rings. The number of aromatic nitrogens is 2. The van der Waals surface area contributed by atoms with Crippen LogP contribution in [0.2, 0.25) is 10.0 Å². The standard InChI is InChI=1S/C24H18Cl2F3N3O/c1-14-11-16(15(2)32(14)21-8-4-3-7-17(21)24(27,28)29)23(33)30-20-12-19(26)22(13-18(20)25)31-9-5-6-10-31/h3-13H,1-2H3,(H,30,33). The van der Waals surface area contributed by atoms with E-state index in [1.807, 2.05) is 24.5 Å². The van der Waals surface area contributed by atoms with Gasteiger partial charge in [-0.1, -0.05) is 35.3 Å². The van der Waals surface area contributed by atoms with E-state index < -0.39 is 17.6 Å². The third-order valence-electron chi connectivity index (χ3n) is 5.29. The van der Waals surface area contributed by atoms with Crippen molar-refractivity contribution in [1.82, 2.24) is 9.13 Å². The van der Waals surface area contributed by atoms with Gasteiger partial charge in [-0.25, -0.2) is 0 Å². The third-order valence-corrected chi connectivity index (χ3v) is 5.91. The summed E-state index contributed by atoms with van der Waals surface area (Å²) in [5.41, 5.74) is 1.19. The van der Waals surface area contributed by atoms with Crippen molar-refractivity contribution in [2.45, 2.75) is 20.0 Å². The second kappa shape index (κ2) is 8.65. The second-order valence-corrected chi connectivity index (χ2v) is 8.28. The Bertz CT molecular complexity index is 1340. The van der Waals surface area contributed by atoms with Crippen molar-refractivity contribution in [2.75, 3.05) is 5.32 Å². The first-order valence-electron chi connectivity index (χ1n) is 9.87. The molecule has 2 heterocycles. The number of halogens is 5. The highest BCUT2D eigenvalue weighted by Crippen LogP contribution is 2.36. The Balaban J connectivity index is 1.69. The maximum absolute atomic E-state index is 13.5. The zero-order chi connectivity index (χ0) is 23.9. The molecule has 0 spiro atoms. The number of aryl methyl sites for hydroxylation is 1. The number of nitrogens with zero attached hydrogens (tertiary/aromatic N) is 2. The van der Waals surface area contributed by atoms with Gasteiger partial charge < -0.3 is 14.5 Å². The van der Waals surface area contributed by atoms with E-state index in [2.05, 4.69) is 5.32 Å². The van der Waals surface area contributed by atoms with Gasteiger partial charge in [-0.05, 0) is 56.3 Å². The van der Waals surface area contributed by atoms with Crippen LogP contribution in [-0.4, -0.2) is 15.0 Å². The van der Waals surface area contributed by atoms with E-state index in [1.165, 1.54) is 28.8 Å². The quantitative estimate of drug-likeness (QED) is 0.316. The summed E-state index contributed by atoms with van der Waals surface area (Å²) in [6.45, 7) is 3.24. The molecule has 2 aromatic carbocycles. The predicted molar refractivity (Wildman–Crippen MR) is 124 cm³/mol. The molecule has 9 heteroatoms. The van der Waals surface area contributed by atoms with Crippen LogP contribution < -0.4 is 5.32 Å². The maximum Gasteiger partial charge on any atom is 0.418 e. The summed E-state index contributed by atoms with van der Waals surface area (Å²) in [4.78, 5) is 13.0. The smallest absolute Gasteiger partial charge is 0.322 e. The van der Waals surface area contributed by atoms with Gasteiger partial charge in [0, 0.05) is 23.8 Å². The number of hydrogen-bond acceptors (Lipinski definition) is 1. The van der Waals surface area contributed by atoms with Gasteiger partial charge in [-0.3, -0.25) is 4.79 Å². The Hall–Kier alpha value is -3.16. The highest BCUT2D eigenvalue weighted by molar-refractivity contribution is 6.37. The number of anilines is 1. The lowest BCUT2D eigenvalue weighted by Crippen LogP contribution is -2.15. The fraction of sp³-hybridized carbons (Fsp3) is 0.125. The van der Waals surface area contributed by atoms with Crippen LogP contribution >= 0.6 is 23.2 Å². The molecule has 4 nitrogen and oxygen atoms in total. The fourth-order valence-electron chi connectivity index (χ4n) is 3.79. The molecule has 0 bridgehead atoms. The number of carbonyl (C=O) groups excluding carboxylic acids is 1.